The van der Waals surface area contributed by atoms with Crippen LogP contribution in [-0.4, -0.2) is 21.4 Å². The van der Waals surface area contributed by atoms with E-state index in [1.807, 2.05) is 49.4 Å². The van der Waals surface area contributed by atoms with Crippen LogP contribution in [0.5, 0.6) is 5.88 Å². The average molecular weight is 416 g/mol. The summed E-state index contributed by atoms with van der Waals surface area (Å²) >= 11 is 8.44. The second-order valence-electron chi connectivity index (χ2n) is 5.30. The first-order chi connectivity index (χ1) is 12.0. The van der Waals surface area contributed by atoms with Crippen molar-refractivity contribution < 1.29 is 5.11 Å². The first-order valence-corrected chi connectivity index (χ1v) is 8.55. The molecule has 0 radical (unpaired) electrons. The number of nitrogens with zero attached hydrogens (tertiary/aromatic N) is 3. The molecule has 0 saturated carbocycles. The topological polar surface area (TPSA) is 85.1 Å². The van der Waals surface area contributed by atoms with Gasteiger partial charge in [0.15, 0.2) is 5.69 Å². The van der Waals surface area contributed by atoms with E-state index in [0.29, 0.717) is 5.69 Å². The van der Waals surface area contributed by atoms with Crippen molar-refractivity contribution in [2.24, 2.45) is 15.3 Å². The number of hydrogen-bond acceptors (Lipinski definition) is 4. The third kappa shape index (κ3) is 4.28. The first-order valence-electron chi connectivity index (χ1n) is 7.34. The van der Waals surface area contributed by atoms with E-state index in [1.165, 1.54) is 0 Å². The van der Waals surface area contributed by atoms with E-state index in [0.717, 1.165) is 26.5 Å². The van der Waals surface area contributed by atoms with Crippen LogP contribution in [0.1, 0.15) is 11.1 Å². The van der Waals surface area contributed by atoms with Gasteiger partial charge in [-0.2, -0.15) is 5.10 Å². The van der Waals surface area contributed by atoms with Crippen molar-refractivity contribution in [2.75, 3.05) is 0 Å². The molecule has 0 bridgehead atoms. The summed E-state index contributed by atoms with van der Waals surface area (Å²) in [5, 5.41) is 22.8. The van der Waals surface area contributed by atoms with Gasteiger partial charge >= 0.3 is 0 Å². The molecule has 0 aliphatic heterocycles. The SMILES string of the molecule is Cc1ccc2[nH]c(O)c(N=NC(=S)N/N=C/c3ccc(Br)cc3)c2c1. The number of hydrazone groups is 1. The number of azo groups is 1. The van der Waals surface area contributed by atoms with Crippen LogP contribution in [-0.2, 0) is 0 Å². The first kappa shape index (κ1) is 17.2. The number of benzene rings is 2. The zero-order valence-corrected chi connectivity index (χ0v) is 15.6. The van der Waals surface area contributed by atoms with E-state index in [9.17, 15) is 5.11 Å². The van der Waals surface area contributed by atoms with Gasteiger partial charge in [0, 0.05) is 9.86 Å². The smallest absolute Gasteiger partial charge is 0.234 e. The van der Waals surface area contributed by atoms with Crippen LogP contribution >= 0.6 is 28.1 Å². The third-order valence-corrected chi connectivity index (χ3v) is 4.09. The monoisotopic (exact) mass is 415 g/mol. The van der Waals surface area contributed by atoms with E-state index in [-0.39, 0.29) is 11.0 Å². The molecule has 0 aliphatic rings. The van der Waals surface area contributed by atoms with Gasteiger partial charge in [0.25, 0.3) is 0 Å². The molecule has 0 spiro atoms. The maximum absolute atomic E-state index is 9.98. The molecule has 6 nitrogen and oxygen atoms in total. The molecular formula is C17H14BrN5OS. The average Bonchev–Trinajstić information content (AvgIpc) is 2.89. The highest BCUT2D eigenvalue weighted by Crippen LogP contribution is 2.35. The summed E-state index contributed by atoms with van der Waals surface area (Å²) in [7, 11) is 0. The van der Waals surface area contributed by atoms with E-state index < -0.39 is 0 Å². The summed E-state index contributed by atoms with van der Waals surface area (Å²) in [6.07, 6.45) is 1.63. The molecule has 126 valence electrons. The summed E-state index contributed by atoms with van der Waals surface area (Å²) in [5.74, 6) is -0.0505. The molecular weight excluding hydrogens is 402 g/mol. The normalized spacial score (nSPS) is 11.6. The van der Waals surface area contributed by atoms with Gasteiger partial charge in [-0.1, -0.05) is 39.7 Å². The Kier molecular flexibility index (Phi) is 5.20. The molecule has 3 aromatic rings. The number of aromatic hydroxyl groups is 1. The molecule has 1 heterocycles. The van der Waals surface area contributed by atoms with Gasteiger partial charge < -0.3 is 10.1 Å². The number of hydrogen-bond donors (Lipinski definition) is 3. The number of H-pyrrole nitrogens is 1. The Morgan fingerprint density at radius 3 is 2.76 bits per heavy atom. The fourth-order valence-corrected chi connectivity index (χ4v) is 2.57. The number of aryl methyl sites for hydroxylation is 1. The maximum atomic E-state index is 9.98. The van der Waals surface area contributed by atoms with Crippen LogP contribution in [0.15, 0.2) is 62.3 Å². The van der Waals surface area contributed by atoms with Gasteiger partial charge in [-0.15, -0.1) is 10.2 Å². The van der Waals surface area contributed by atoms with Crippen LogP contribution < -0.4 is 5.43 Å². The fourth-order valence-electron chi connectivity index (χ4n) is 2.21. The lowest BCUT2D eigenvalue weighted by Gasteiger charge is -1.97. The lowest BCUT2D eigenvalue weighted by molar-refractivity contribution is 0.459. The largest absolute Gasteiger partial charge is 0.493 e. The van der Waals surface area contributed by atoms with Crippen molar-refractivity contribution in [3.8, 4) is 5.88 Å². The van der Waals surface area contributed by atoms with Gasteiger partial charge in [-0.25, -0.2) is 0 Å². The molecule has 0 atom stereocenters. The summed E-state index contributed by atoms with van der Waals surface area (Å²) in [6.45, 7) is 1.97. The minimum atomic E-state index is -0.0505. The summed E-state index contributed by atoms with van der Waals surface area (Å²) in [4.78, 5) is 2.85. The van der Waals surface area contributed by atoms with Crippen molar-refractivity contribution in [3.05, 3.63) is 58.1 Å². The minimum absolute atomic E-state index is 0.0505. The Labute approximate surface area is 157 Å². The third-order valence-electron chi connectivity index (χ3n) is 3.39. The van der Waals surface area contributed by atoms with Gasteiger partial charge in [0.05, 0.1) is 11.7 Å². The highest BCUT2D eigenvalue weighted by atomic mass is 79.9. The lowest BCUT2D eigenvalue weighted by atomic mass is 10.2. The van der Waals surface area contributed by atoms with E-state index in [1.54, 1.807) is 6.21 Å². The van der Waals surface area contributed by atoms with Crippen molar-refractivity contribution >= 4 is 56.1 Å². The van der Waals surface area contributed by atoms with E-state index in [4.69, 9.17) is 12.2 Å². The van der Waals surface area contributed by atoms with Crippen LogP contribution in [0.25, 0.3) is 10.9 Å². The van der Waals surface area contributed by atoms with Gasteiger partial charge in [0.1, 0.15) is 0 Å². The predicted molar refractivity (Wildman–Crippen MR) is 107 cm³/mol. The van der Waals surface area contributed by atoms with Gasteiger partial charge in [-0.05, 0) is 49.0 Å². The number of fused-ring (bicyclic) bond motifs is 1. The second-order valence-corrected chi connectivity index (χ2v) is 6.60. The number of aromatic nitrogens is 1. The lowest BCUT2D eigenvalue weighted by Crippen LogP contribution is -2.11. The van der Waals surface area contributed by atoms with Crippen LogP contribution in [0.3, 0.4) is 0 Å². The highest BCUT2D eigenvalue weighted by molar-refractivity contribution is 9.10. The molecule has 2 aromatic carbocycles. The maximum Gasteiger partial charge on any atom is 0.234 e. The van der Waals surface area contributed by atoms with Crippen molar-refractivity contribution in [1.29, 1.82) is 0 Å². The summed E-state index contributed by atoms with van der Waals surface area (Å²) in [6, 6.07) is 13.4. The van der Waals surface area contributed by atoms with Gasteiger partial charge in [0.2, 0.25) is 11.0 Å². The molecule has 0 amide bonds. The molecule has 3 N–H and O–H groups in total. The summed E-state index contributed by atoms with van der Waals surface area (Å²) in [5.41, 5.74) is 5.73. The van der Waals surface area contributed by atoms with Crippen molar-refractivity contribution in [1.82, 2.24) is 10.4 Å². The zero-order valence-electron chi connectivity index (χ0n) is 13.2. The number of halogens is 1. The predicted octanol–water partition coefficient (Wildman–Crippen LogP) is 4.94. The summed E-state index contributed by atoms with van der Waals surface area (Å²) < 4.78 is 0.996. The van der Waals surface area contributed by atoms with E-state index in [2.05, 4.69) is 41.7 Å². The molecule has 25 heavy (non-hydrogen) atoms. The van der Waals surface area contributed by atoms with Crippen LogP contribution in [0.4, 0.5) is 5.69 Å². The van der Waals surface area contributed by atoms with Crippen molar-refractivity contribution in [3.63, 3.8) is 0 Å². The number of rotatable bonds is 3. The molecule has 1 aromatic heterocycles. The van der Waals surface area contributed by atoms with Gasteiger partial charge in [-0.3, -0.25) is 5.43 Å². The fraction of sp³-hybridized carbons (Fsp3) is 0.0588. The molecule has 8 heteroatoms. The van der Waals surface area contributed by atoms with Crippen LogP contribution in [0, 0.1) is 6.92 Å². The number of aromatic amines is 1. The Morgan fingerprint density at radius 2 is 2.00 bits per heavy atom. The standard InChI is InChI=1S/C17H14BrN5OS/c1-10-2-7-14-13(8-10)15(16(24)20-14)21-23-17(25)22-19-9-11-3-5-12(18)6-4-11/h2-9,20,24H,1H3,(H,22,25)/b19-9+,23-21?. The number of thiocarbonyl (C=S) groups is 1. The molecule has 0 unspecified atom stereocenters. The Morgan fingerprint density at radius 1 is 1.24 bits per heavy atom. The van der Waals surface area contributed by atoms with Crippen molar-refractivity contribution in [2.45, 2.75) is 6.92 Å². The second kappa shape index (κ2) is 7.54. The van der Waals surface area contributed by atoms with Crippen LogP contribution in [0.2, 0.25) is 0 Å². The molecule has 0 aliphatic carbocycles. The molecule has 0 fully saturated rings. The number of nitrogens with one attached hydrogen (secondary N) is 2. The highest BCUT2D eigenvalue weighted by Gasteiger charge is 2.10. The van der Waals surface area contributed by atoms with E-state index >= 15 is 0 Å². The Bertz CT molecular complexity index is 979. The molecule has 3 rings (SSSR count). The quantitative estimate of drug-likeness (QED) is 0.245. The Balaban J connectivity index is 1.69. The zero-order chi connectivity index (χ0) is 17.8. The Hall–Kier alpha value is -2.58. The molecule has 0 saturated heterocycles. The minimum Gasteiger partial charge on any atom is -0.493 e.